The Morgan fingerprint density at radius 1 is 1.53 bits per heavy atom. The molecule has 88 valence electrons. The molecule has 5 nitrogen and oxygen atoms in total. The van der Waals surface area contributed by atoms with Crippen molar-refractivity contribution in [1.82, 2.24) is 0 Å². The SMILES string of the molecule is C=CC/C(=C/c1cccc([N+](=O)[O-])c1)C(=O)O. The fourth-order valence-electron chi connectivity index (χ4n) is 1.29. The Balaban J connectivity index is 3.10. The Hall–Kier alpha value is -2.43. The first-order valence-corrected chi connectivity index (χ1v) is 4.84. The molecule has 5 heteroatoms. The van der Waals surface area contributed by atoms with Crippen LogP contribution in [0.15, 0.2) is 42.5 Å². The average Bonchev–Trinajstić information content (AvgIpc) is 2.28. The van der Waals surface area contributed by atoms with Gasteiger partial charge in [-0.15, -0.1) is 6.58 Å². The quantitative estimate of drug-likeness (QED) is 0.367. The van der Waals surface area contributed by atoms with E-state index >= 15 is 0 Å². The summed E-state index contributed by atoms with van der Waals surface area (Å²) >= 11 is 0. The van der Waals surface area contributed by atoms with Gasteiger partial charge in [-0.3, -0.25) is 10.1 Å². The summed E-state index contributed by atoms with van der Waals surface area (Å²) in [5.41, 5.74) is 0.557. The van der Waals surface area contributed by atoms with E-state index in [2.05, 4.69) is 6.58 Å². The van der Waals surface area contributed by atoms with Gasteiger partial charge in [0.1, 0.15) is 0 Å². The second kappa shape index (κ2) is 5.60. The number of nitro groups is 1. The van der Waals surface area contributed by atoms with Crippen LogP contribution in [0.5, 0.6) is 0 Å². The number of aliphatic carboxylic acids is 1. The van der Waals surface area contributed by atoms with Crippen LogP contribution < -0.4 is 0 Å². The maximum atomic E-state index is 10.9. The Morgan fingerprint density at radius 2 is 2.24 bits per heavy atom. The summed E-state index contributed by atoms with van der Waals surface area (Å²) in [4.78, 5) is 20.9. The molecule has 1 aromatic rings. The van der Waals surface area contributed by atoms with Crippen LogP contribution in [0.3, 0.4) is 0 Å². The fourth-order valence-corrected chi connectivity index (χ4v) is 1.29. The zero-order chi connectivity index (χ0) is 12.8. The van der Waals surface area contributed by atoms with Crippen molar-refractivity contribution in [2.45, 2.75) is 6.42 Å². The third-order valence-electron chi connectivity index (χ3n) is 2.06. The molecule has 17 heavy (non-hydrogen) atoms. The molecular weight excluding hydrogens is 222 g/mol. The van der Waals surface area contributed by atoms with Gasteiger partial charge in [-0.1, -0.05) is 18.2 Å². The van der Waals surface area contributed by atoms with E-state index in [1.54, 1.807) is 6.07 Å². The molecule has 1 rings (SSSR count). The van der Waals surface area contributed by atoms with E-state index in [9.17, 15) is 14.9 Å². The number of allylic oxidation sites excluding steroid dienone is 1. The van der Waals surface area contributed by atoms with Crippen LogP contribution >= 0.6 is 0 Å². The maximum Gasteiger partial charge on any atom is 0.331 e. The number of rotatable bonds is 5. The van der Waals surface area contributed by atoms with E-state index in [1.165, 1.54) is 30.4 Å². The van der Waals surface area contributed by atoms with Gasteiger partial charge in [-0.05, 0) is 18.1 Å². The molecule has 1 aromatic carbocycles. The molecule has 0 amide bonds. The number of non-ortho nitro benzene ring substituents is 1. The summed E-state index contributed by atoms with van der Waals surface area (Å²) in [5.74, 6) is -1.06. The van der Waals surface area contributed by atoms with E-state index in [1.807, 2.05) is 0 Å². The highest BCUT2D eigenvalue weighted by molar-refractivity contribution is 5.92. The van der Waals surface area contributed by atoms with E-state index in [-0.39, 0.29) is 17.7 Å². The lowest BCUT2D eigenvalue weighted by Crippen LogP contribution is -1.99. The minimum absolute atomic E-state index is 0.0675. The molecule has 0 radical (unpaired) electrons. The molecule has 0 aliphatic carbocycles. The van der Waals surface area contributed by atoms with Crippen molar-refractivity contribution in [2.24, 2.45) is 0 Å². The lowest BCUT2D eigenvalue weighted by Gasteiger charge is -1.99. The molecule has 0 saturated heterocycles. The van der Waals surface area contributed by atoms with Crippen LogP contribution in [-0.2, 0) is 4.79 Å². The van der Waals surface area contributed by atoms with Gasteiger partial charge in [0, 0.05) is 17.7 Å². The van der Waals surface area contributed by atoms with Gasteiger partial charge in [0.05, 0.1) is 4.92 Å². The predicted octanol–water partition coefficient (Wildman–Crippen LogP) is 2.64. The zero-order valence-corrected chi connectivity index (χ0v) is 9.00. The van der Waals surface area contributed by atoms with Crippen LogP contribution in [-0.4, -0.2) is 16.0 Å². The normalized spacial score (nSPS) is 10.9. The molecule has 0 saturated carbocycles. The first kappa shape index (κ1) is 12.6. The molecule has 0 spiro atoms. The first-order valence-electron chi connectivity index (χ1n) is 4.84. The van der Waals surface area contributed by atoms with Crippen molar-refractivity contribution in [3.05, 3.63) is 58.2 Å². The van der Waals surface area contributed by atoms with Gasteiger partial charge < -0.3 is 5.11 Å². The summed E-state index contributed by atoms with van der Waals surface area (Å²) in [6, 6.07) is 5.80. The molecule has 0 aliphatic heterocycles. The third kappa shape index (κ3) is 3.57. The van der Waals surface area contributed by atoms with Gasteiger partial charge in [-0.25, -0.2) is 4.79 Å². The summed E-state index contributed by atoms with van der Waals surface area (Å²) in [5, 5.41) is 19.4. The number of hydrogen-bond donors (Lipinski definition) is 1. The second-order valence-electron chi connectivity index (χ2n) is 3.32. The topological polar surface area (TPSA) is 80.4 Å². The standard InChI is InChI=1S/C12H11NO4/c1-2-4-10(12(14)15)7-9-5-3-6-11(8-9)13(16)17/h2-3,5-8H,1,4H2,(H,14,15)/b10-7-. The van der Waals surface area contributed by atoms with Gasteiger partial charge in [-0.2, -0.15) is 0 Å². The van der Waals surface area contributed by atoms with E-state index < -0.39 is 10.9 Å². The van der Waals surface area contributed by atoms with Crippen molar-refractivity contribution in [3.63, 3.8) is 0 Å². The third-order valence-corrected chi connectivity index (χ3v) is 2.06. The maximum absolute atomic E-state index is 10.9. The van der Waals surface area contributed by atoms with Gasteiger partial charge >= 0.3 is 5.97 Å². The van der Waals surface area contributed by atoms with E-state index in [4.69, 9.17) is 5.11 Å². The largest absolute Gasteiger partial charge is 0.478 e. The van der Waals surface area contributed by atoms with Crippen LogP contribution in [0, 0.1) is 10.1 Å². The summed E-state index contributed by atoms with van der Waals surface area (Å²) in [7, 11) is 0. The monoisotopic (exact) mass is 233 g/mol. The lowest BCUT2D eigenvalue weighted by atomic mass is 10.1. The first-order chi connectivity index (χ1) is 8.04. The molecular formula is C12H11NO4. The molecule has 0 bridgehead atoms. The van der Waals surface area contributed by atoms with Crippen LogP contribution in [0.25, 0.3) is 6.08 Å². The summed E-state index contributed by atoms with van der Waals surface area (Å²) in [6.07, 6.45) is 3.08. The number of carbonyl (C=O) groups is 1. The smallest absolute Gasteiger partial charge is 0.331 e. The molecule has 1 N–H and O–H groups in total. The van der Waals surface area contributed by atoms with Crippen LogP contribution in [0.4, 0.5) is 5.69 Å². The highest BCUT2D eigenvalue weighted by Crippen LogP contribution is 2.17. The molecule has 0 aromatic heterocycles. The van der Waals surface area contributed by atoms with Crippen molar-refractivity contribution in [3.8, 4) is 0 Å². The number of carboxylic acids is 1. The predicted molar refractivity (Wildman–Crippen MR) is 63.5 cm³/mol. The zero-order valence-electron chi connectivity index (χ0n) is 9.00. The minimum Gasteiger partial charge on any atom is -0.478 e. The molecule has 0 atom stereocenters. The molecule has 0 heterocycles. The molecule has 0 aliphatic rings. The van der Waals surface area contributed by atoms with Crippen LogP contribution in [0.2, 0.25) is 0 Å². The van der Waals surface area contributed by atoms with E-state index in [0.29, 0.717) is 5.56 Å². The highest BCUT2D eigenvalue weighted by atomic mass is 16.6. The van der Waals surface area contributed by atoms with Crippen molar-refractivity contribution in [1.29, 1.82) is 0 Å². The van der Waals surface area contributed by atoms with Gasteiger partial charge in [0.2, 0.25) is 0 Å². The Kier molecular flexibility index (Phi) is 4.16. The Morgan fingerprint density at radius 3 is 2.76 bits per heavy atom. The number of nitro benzene ring substituents is 1. The summed E-state index contributed by atoms with van der Waals surface area (Å²) < 4.78 is 0. The highest BCUT2D eigenvalue weighted by Gasteiger charge is 2.08. The Bertz CT molecular complexity index is 491. The fraction of sp³-hybridized carbons (Fsp3) is 0.0833. The Labute approximate surface area is 97.9 Å². The minimum atomic E-state index is -1.06. The summed E-state index contributed by atoms with van der Waals surface area (Å²) in [6.45, 7) is 3.46. The lowest BCUT2D eigenvalue weighted by molar-refractivity contribution is -0.384. The van der Waals surface area contributed by atoms with Crippen LogP contribution in [0.1, 0.15) is 12.0 Å². The number of carboxylic acid groups (broad SMARTS) is 1. The second-order valence-corrected chi connectivity index (χ2v) is 3.32. The molecule has 0 unspecified atom stereocenters. The van der Waals surface area contributed by atoms with Gasteiger partial charge in [0.25, 0.3) is 5.69 Å². The average molecular weight is 233 g/mol. The van der Waals surface area contributed by atoms with Crippen molar-refractivity contribution in [2.75, 3.05) is 0 Å². The number of nitrogens with zero attached hydrogens (tertiary/aromatic N) is 1. The molecule has 0 fully saturated rings. The van der Waals surface area contributed by atoms with E-state index in [0.717, 1.165) is 0 Å². The van der Waals surface area contributed by atoms with Crippen molar-refractivity contribution < 1.29 is 14.8 Å². The number of hydrogen-bond acceptors (Lipinski definition) is 3. The van der Waals surface area contributed by atoms with Gasteiger partial charge in [0.15, 0.2) is 0 Å². The van der Waals surface area contributed by atoms with Crippen molar-refractivity contribution >= 4 is 17.7 Å². The number of benzene rings is 1.